The quantitative estimate of drug-likeness (QED) is 0.414. The molecule has 0 fully saturated rings. The Kier molecular flexibility index (Phi) is 6.26. The molecule has 0 aliphatic carbocycles. The van der Waals surface area contributed by atoms with Gasteiger partial charge in [-0.1, -0.05) is 48.5 Å². The average molecular weight is 439 g/mol. The zero-order valence-corrected chi connectivity index (χ0v) is 17.8. The number of hydrogen-bond acceptors (Lipinski definition) is 4. The Labute approximate surface area is 190 Å². The lowest BCUT2D eigenvalue weighted by Gasteiger charge is -2.08. The van der Waals surface area contributed by atoms with Crippen LogP contribution in [0.2, 0.25) is 0 Å². The van der Waals surface area contributed by atoms with Crippen molar-refractivity contribution in [2.75, 3.05) is 5.32 Å². The largest absolute Gasteiger partial charge is 0.326 e. The molecule has 0 saturated carbocycles. The lowest BCUT2D eigenvalue weighted by Crippen LogP contribution is -2.41. The van der Waals surface area contributed by atoms with Gasteiger partial charge in [0.25, 0.3) is 11.8 Å². The Morgan fingerprint density at radius 1 is 0.758 bits per heavy atom. The first-order chi connectivity index (χ1) is 16.0. The Morgan fingerprint density at radius 3 is 2.00 bits per heavy atom. The summed E-state index contributed by atoms with van der Waals surface area (Å²) >= 11 is 0. The van der Waals surface area contributed by atoms with Crippen LogP contribution in [0.3, 0.4) is 0 Å². The van der Waals surface area contributed by atoms with Crippen LogP contribution in [-0.2, 0) is 4.79 Å². The third-order valence-corrected chi connectivity index (χ3v) is 4.78. The molecule has 0 spiro atoms. The fraction of sp³-hybridized carbons (Fsp3) is 0.0400. The highest BCUT2D eigenvalue weighted by Gasteiger charge is 2.19. The number of rotatable bonds is 5. The number of aromatic nitrogens is 2. The molecule has 8 nitrogen and oxygen atoms in total. The number of benzene rings is 3. The molecule has 0 bridgehead atoms. The molecule has 0 aliphatic rings. The minimum absolute atomic E-state index is 0.204. The third kappa shape index (κ3) is 5.13. The number of carbonyl (C=O) groups excluding carboxylic acids is 3. The number of anilines is 1. The van der Waals surface area contributed by atoms with E-state index in [1.165, 1.54) is 6.92 Å². The zero-order valence-electron chi connectivity index (χ0n) is 17.8. The number of hydrazine groups is 1. The van der Waals surface area contributed by atoms with Crippen LogP contribution in [0.25, 0.3) is 16.9 Å². The molecule has 4 aromatic rings. The van der Waals surface area contributed by atoms with Crippen molar-refractivity contribution >= 4 is 23.4 Å². The van der Waals surface area contributed by atoms with E-state index in [0.29, 0.717) is 22.5 Å². The minimum Gasteiger partial charge on any atom is -0.326 e. The molecule has 0 atom stereocenters. The predicted octanol–water partition coefficient (Wildman–Crippen LogP) is 3.57. The summed E-state index contributed by atoms with van der Waals surface area (Å²) in [7, 11) is 0. The van der Waals surface area contributed by atoms with Crippen LogP contribution >= 0.6 is 0 Å². The summed E-state index contributed by atoms with van der Waals surface area (Å²) < 4.78 is 1.62. The number of carbonyl (C=O) groups is 3. The number of hydrogen-bond donors (Lipinski definition) is 3. The second-order valence-electron chi connectivity index (χ2n) is 7.20. The maximum atomic E-state index is 13.0. The highest BCUT2D eigenvalue weighted by atomic mass is 16.2. The topological polar surface area (TPSA) is 105 Å². The van der Waals surface area contributed by atoms with Gasteiger partial charge in [0.15, 0.2) is 0 Å². The maximum absolute atomic E-state index is 13.0. The fourth-order valence-corrected chi connectivity index (χ4v) is 3.22. The first kappa shape index (κ1) is 21.5. The summed E-state index contributed by atoms with van der Waals surface area (Å²) in [4.78, 5) is 36.6. The number of para-hydroxylation sites is 1. The van der Waals surface area contributed by atoms with Gasteiger partial charge in [0, 0.05) is 29.9 Å². The van der Waals surface area contributed by atoms with Gasteiger partial charge < -0.3 is 5.32 Å². The average Bonchev–Trinajstić information content (AvgIpc) is 3.29. The van der Waals surface area contributed by atoms with Gasteiger partial charge in [-0.05, 0) is 36.4 Å². The van der Waals surface area contributed by atoms with Gasteiger partial charge in [0.2, 0.25) is 5.91 Å². The molecule has 0 aliphatic heterocycles. The summed E-state index contributed by atoms with van der Waals surface area (Å²) in [5.74, 6) is -1.20. The van der Waals surface area contributed by atoms with Crippen molar-refractivity contribution in [1.29, 1.82) is 0 Å². The highest BCUT2D eigenvalue weighted by Crippen LogP contribution is 2.23. The van der Waals surface area contributed by atoms with Gasteiger partial charge in [0.05, 0.1) is 11.3 Å². The summed E-state index contributed by atoms with van der Waals surface area (Å²) in [5, 5.41) is 7.23. The van der Waals surface area contributed by atoms with Gasteiger partial charge in [-0.2, -0.15) is 5.10 Å². The predicted molar refractivity (Wildman–Crippen MR) is 125 cm³/mol. The second-order valence-corrected chi connectivity index (χ2v) is 7.20. The van der Waals surface area contributed by atoms with Crippen molar-refractivity contribution in [3.63, 3.8) is 0 Å². The Bertz CT molecular complexity index is 1280. The number of nitrogens with zero attached hydrogens (tertiary/aromatic N) is 2. The van der Waals surface area contributed by atoms with Crippen LogP contribution in [0.15, 0.2) is 91.1 Å². The van der Waals surface area contributed by atoms with Gasteiger partial charge in [-0.25, -0.2) is 4.68 Å². The molecule has 0 radical (unpaired) electrons. The molecule has 3 amide bonds. The van der Waals surface area contributed by atoms with Crippen LogP contribution in [0, 0.1) is 0 Å². The molecule has 1 aromatic heterocycles. The molecular formula is C25H21N5O3. The number of nitrogens with one attached hydrogen (secondary N) is 3. The molecule has 0 unspecified atom stereocenters. The normalized spacial score (nSPS) is 10.3. The third-order valence-electron chi connectivity index (χ3n) is 4.78. The van der Waals surface area contributed by atoms with Crippen molar-refractivity contribution in [2.24, 2.45) is 0 Å². The van der Waals surface area contributed by atoms with Crippen molar-refractivity contribution in [3.8, 4) is 16.9 Å². The smallest absolute Gasteiger partial charge is 0.273 e. The van der Waals surface area contributed by atoms with Gasteiger partial charge in [-0.15, -0.1) is 0 Å². The SMILES string of the molecule is CC(=O)Nc1ccc(C(=O)NNC(=O)c2cn(-c3ccccc3)nc2-c2ccccc2)cc1. The molecule has 8 heteroatoms. The lowest BCUT2D eigenvalue weighted by atomic mass is 10.1. The zero-order chi connectivity index (χ0) is 23.2. The van der Waals surface area contributed by atoms with Gasteiger partial charge in [-0.3, -0.25) is 25.2 Å². The van der Waals surface area contributed by atoms with E-state index in [9.17, 15) is 14.4 Å². The summed E-state index contributed by atoms with van der Waals surface area (Å²) in [6.45, 7) is 1.40. The Morgan fingerprint density at radius 2 is 1.36 bits per heavy atom. The molecule has 3 aromatic carbocycles. The monoisotopic (exact) mass is 439 g/mol. The van der Waals surface area contributed by atoms with E-state index >= 15 is 0 Å². The van der Waals surface area contributed by atoms with Crippen molar-refractivity contribution in [3.05, 3.63) is 102 Å². The number of amides is 3. The standard InChI is InChI=1S/C25H21N5O3/c1-17(31)26-20-14-12-19(13-15-20)24(32)27-28-25(33)22-16-30(21-10-6-3-7-11-21)29-23(22)18-8-4-2-5-9-18/h2-16H,1H3,(H,26,31)(H,27,32)(H,28,33). The molecular weight excluding hydrogens is 418 g/mol. The molecule has 4 rings (SSSR count). The van der Waals surface area contributed by atoms with E-state index in [1.807, 2.05) is 60.7 Å². The van der Waals surface area contributed by atoms with E-state index in [1.54, 1.807) is 35.1 Å². The van der Waals surface area contributed by atoms with E-state index in [2.05, 4.69) is 21.3 Å². The van der Waals surface area contributed by atoms with Crippen LogP contribution in [0.1, 0.15) is 27.6 Å². The van der Waals surface area contributed by atoms with Crippen molar-refractivity contribution < 1.29 is 14.4 Å². The van der Waals surface area contributed by atoms with Crippen LogP contribution in [0.4, 0.5) is 5.69 Å². The van der Waals surface area contributed by atoms with Crippen molar-refractivity contribution in [2.45, 2.75) is 6.92 Å². The summed E-state index contributed by atoms with van der Waals surface area (Å²) in [6.07, 6.45) is 1.63. The van der Waals surface area contributed by atoms with Crippen LogP contribution in [-0.4, -0.2) is 27.5 Å². The first-order valence-electron chi connectivity index (χ1n) is 10.2. The van der Waals surface area contributed by atoms with E-state index in [4.69, 9.17) is 0 Å². The van der Waals surface area contributed by atoms with Crippen LogP contribution in [0.5, 0.6) is 0 Å². The van der Waals surface area contributed by atoms with E-state index < -0.39 is 11.8 Å². The van der Waals surface area contributed by atoms with Crippen LogP contribution < -0.4 is 16.2 Å². The highest BCUT2D eigenvalue weighted by molar-refractivity contribution is 6.02. The second kappa shape index (κ2) is 9.61. The molecule has 164 valence electrons. The molecule has 0 saturated heterocycles. The fourth-order valence-electron chi connectivity index (χ4n) is 3.22. The first-order valence-corrected chi connectivity index (χ1v) is 10.2. The maximum Gasteiger partial charge on any atom is 0.273 e. The molecule has 33 heavy (non-hydrogen) atoms. The Balaban J connectivity index is 1.53. The summed E-state index contributed by atoms with van der Waals surface area (Å²) in [5.41, 5.74) is 8.16. The lowest BCUT2D eigenvalue weighted by molar-refractivity contribution is -0.114. The van der Waals surface area contributed by atoms with E-state index in [-0.39, 0.29) is 5.91 Å². The Hall–Kier alpha value is -4.72. The minimum atomic E-state index is -0.501. The van der Waals surface area contributed by atoms with E-state index in [0.717, 1.165) is 11.3 Å². The summed E-state index contributed by atoms with van der Waals surface area (Å²) in [6, 6.07) is 25.1. The molecule has 1 heterocycles. The van der Waals surface area contributed by atoms with Gasteiger partial charge in [0.1, 0.15) is 5.69 Å². The molecule has 3 N–H and O–H groups in total. The van der Waals surface area contributed by atoms with Gasteiger partial charge >= 0.3 is 0 Å². The van der Waals surface area contributed by atoms with Crippen molar-refractivity contribution in [1.82, 2.24) is 20.6 Å².